The third kappa shape index (κ3) is 5.62. The maximum absolute atomic E-state index is 11.7. The second kappa shape index (κ2) is 9.61. The number of rotatable bonds is 8. The van der Waals surface area contributed by atoms with Gasteiger partial charge in [-0.3, -0.25) is 9.59 Å². The zero-order chi connectivity index (χ0) is 18.9. The highest BCUT2D eigenvalue weighted by molar-refractivity contribution is 5.74. The Balaban J connectivity index is 2.12. The van der Waals surface area contributed by atoms with E-state index in [-0.39, 0.29) is 30.7 Å². The second-order valence-electron chi connectivity index (χ2n) is 6.06. The van der Waals surface area contributed by atoms with Gasteiger partial charge in [0.15, 0.2) is 0 Å². The normalized spacial score (nSPS) is 10.5. The molecule has 0 saturated heterocycles. The summed E-state index contributed by atoms with van der Waals surface area (Å²) in [7, 11) is 2.67. The van der Waals surface area contributed by atoms with Gasteiger partial charge in [-0.15, -0.1) is 0 Å². The fourth-order valence-electron chi connectivity index (χ4n) is 2.70. The van der Waals surface area contributed by atoms with E-state index in [0.29, 0.717) is 6.61 Å². The molecule has 0 aliphatic carbocycles. The van der Waals surface area contributed by atoms with Crippen molar-refractivity contribution in [3.05, 3.63) is 65.2 Å². The molecule has 0 aromatic heterocycles. The van der Waals surface area contributed by atoms with Crippen LogP contribution in [0.5, 0.6) is 5.75 Å². The Kier molecular flexibility index (Phi) is 7.21. The van der Waals surface area contributed by atoms with E-state index < -0.39 is 0 Å². The van der Waals surface area contributed by atoms with Crippen LogP contribution in [0, 0.1) is 6.92 Å². The summed E-state index contributed by atoms with van der Waals surface area (Å²) in [6, 6.07) is 15.6. The van der Waals surface area contributed by atoms with Gasteiger partial charge in [-0.25, -0.2) is 0 Å². The predicted molar refractivity (Wildman–Crippen MR) is 98.0 cm³/mol. The zero-order valence-electron chi connectivity index (χ0n) is 15.4. The van der Waals surface area contributed by atoms with Gasteiger partial charge >= 0.3 is 11.9 Å². The molecule has 0 radical (unpaired) electrons. The highest BCUT2D eigenvalue weighted by Gasteiger charge is 2.21. The van der Waals surface area contributed by atoms with Crippen molar-refractivity contribution in [2.75, 3.05) is 14.2 Å². The summed E-state index contributed by atoms with van der Waals surface area (Å²) in [6.07, 6.45) is 0.241. The molecular weight excluding hydrogens is 332 g/mol. The van der Waals surface area contributed by atoms with Crippen LogP contribution >= 0.6 is 0 Å². The largest absolute Gasteiger partial charge is 0.489 e. The lowest BCUT2D eigenvalue weighted by atomic mass is 9.91. The van der Waals surface area contributed by atoms with E-state index >= 15 is 0 Å². The van der Waals surface area contributed by atoms with Crippen molar-refractivity contribution in [3.63, 3.8) is 0 Å². The molecule has 0 N–H and O–H groups in total. The van der Waals surface area contributed by atoms with E-state index in [1.54, 1.807) is 0 Å². The van der Waals surface area contributed by atoms with Crippen LogP contribution in [0.15, 0.2) is 48.5 Å². The number of esters is 2. The van der Waals surface area contributed by atoms with E-state index in [1.807, 2.05) is 55.5 Å². The van der Waals surface area contributed by atoms with Crippen LogP contribution in [0.25, 0.3) is 0 Å². The molecule has 0 fully saturated rings. The molecule has 0 aliphatic rings. The van der Waals surface area contributed by atoms with Crippen LogP contribution in [0.3, 0.4) is 0 Å². The monoisotopic (exact) mass is 356 g/mol. The van der Waals surface area contributed by atoms with Crippen molar-refractivity contribution < 1.29 is 23.8 Å². The Labute approximate surface area is 153 Å². The van der Waals surface area contributed by atoms with Gasteiger partial charge in [-0.05, 0) is 29.7 Å². The molecule has 138 valence electrons. The van der Waals surface area contributed by atoms with E-state index in [9.17, 15) is 9.59 Å². The molecule has 0 unspecified atom stereocenters. The summed E-state index contributed by atoms with van der Waals surface area (Å²) >= 11 is 0. The Bertz CT molecular complexity index is 721. The van der Waals surface area contributed by atoms with Gasteiger partial charge in [-0.2, -0.15) is 0 Å². The smallest absolute Gasteiger partial charge is 0.306 e. The highest BCUT2D eigenvalue weighted by atomic mass is 16.5. The fraction of sp³-hybridized carbons (Fsp3) is 0.333. The first-order chi connectivity index (χ1) is 12.5. The Morgan fingerprint density at radius 1 is 0.923 bits per heavy atom. The van der Waals surface area contributed by atoms with Gasteiger partial charge in [-0.1, -0.05) is 42.5 Å². The first-order valence-electron chi connectivity index (χ1n) is 8.44. The lowest BCUT2D eigenvalue weighted by molar-refractivity contribution is -0.143. The van der Waals surface area contributed by atoms with E-state index in [0.717, 1.165) is 22.4 Å². The molecule has 5 heteroatoms. The maximum atomic E-state index is 11.7. The molecule has 2 aromatic rings. The summed E-state index contributed by atoms with van der Waals surface area (Å²) in [5.74, 6) is -0.244. The van der Waals surface area contributed by atoms with Gasteiger partial charge in [0.25, 0.3) is 0 Å². The Morgan fingerprint density at radius 2 is 1.54 bits per heavy atom. The summed E-state index contributed by atoms with van der Waals surface area (Å²) in [5.41, 5.74) is 2.91. The lowest BCUT2D eigenvalue weighted by Gasteiger charge is -2.17. The van der Waals surface area contributed by atoms with Crippen LogP contribution < -0.4 is 4.74 Å². The van der Waals surface area contributed by atoms with Crippen LogP contribution in [-0.4, -0.2) is 26.2 Å². The number of benzene rings is 2. The molecule has 0 heterocycles. The first kappa shape index (κ1) is 19.5. The molecule has 0 aliphatic heterocycles. The Hall–Kier alpha value is -2.82. The number of hydrogen-bond acceptors (Lipinski definition) is 5. The lowest BCUT2D eigenvalue weighted by Crippen LogP contribution is -2.14. The van der Waals surface area contributed by atoms with Crippen molar-refractivity contribution in [1.29, 1.82) is 0 Å². The quantitative estimate of drug-likeness (QED) is 0.674. The van der Waals surface area contributed by atoms with Gasteiger partial charge in [0.05, 0.1) is 27.1 Å². The molecule has 0 atom stereocenters. The van der Waals surface area contributed by atoms with Crippen molar-refractivity contribution in [2.45, 2.75) is 32.3 Å². The SMILES string of the molecule is COC(=O)CC(CC(=O)OC)c1ccc(OCc2ccccc2)c(C)c1. The number of hydrogen-bond donors (Lipinski definition) is 0. The van der Waals surface area contributed by atoms with E-state index in [4.69, 9.17) is 14.2 Å². The molecular formula is C21H24O5. The van der Waals surface area contributed by atoms with Crippen LogP contribution in [-0.2, 0) is 25.7 Å². The van der Waals surface area contributed by atoms with Crippen LogP contribution in [0.4, 0.5) is 0 Å². The van der Waals surface area contributed by atoms with Crippen molar-refractivity contribution in [2.24, 2.45) is 0 Å². The number of methoxy groups -OCH3 is 2. The number of carbonyl (C=O) groups excluding carboxylic acids is 2. The summed E-state index contributed by atoms with van der Waals surface area (Å²) in [4.78, 5) is 23.4. The van der Waals surface area contributed by atoms with Gasteiger partial charge in [0.2, 0.25) is 0 Å². The summed E-state index contributed by atoms with van der Waals surface area (Å²) < 4.78 is 15.4. The zero-order valence-corrected chi connectivity index (χ0v) is 15.4. The molecule has 2 rings (SSSR count). The number of carbonyl (C=O) groups is 2. The minimum Gasteiger partial charge on any atom is -0.489 e. The third-order valence-corrected chi connectivity index (χ3v) is 4.19. The molecule has 0 spiro atoms. The highest BCUT2D eigenvalue weighted by Crippen LogP contribution is 2.29. The standard InChI is InChI=1S/C21H24O5/c1-15-11-17(18(12-20(22)24-2)13-21(23)25-3)9-10-19(15)26-14-16-7-5-4-6-8-16/h4-11,18H,12-14H2,1-3H3. The minimum absolute atomic E-state index is 0.120. The molecule has 2 aromatic carbocycles. The molecule has 5 nitrogen and oxygen atoms in total. The van der Waals surface area contributed by atoms with Gasteiger partial charge < -0.3 is 14.2 Å². The summed E-state index contributed by atoms with van der Waals surface area (Å²) in [5, 5.41) is 0. The third-order valence-electron chi connectivity index (χ3n) is 4.19. The van der Waals surface area contributed by atoms with Crippen molar-refractivity contribution in [3.8, 4) is 5.75 Å². The molecule has 26 heavy (non-hydrogen) atoms. The Morgan fingerprint density at radius 3 is 2.08 bits per heavy atom. The predicted octanol–water partition coefficient (Wildman–Crippen LogP) is 3.78. The van der Waals surface area contributed by atoms with Crippen LogP contribution in [0.1, 0.15) is 35.4 Å². The average Bonchev–Trinajstić information content (AvgIpc) is 2.67. The maximum Gasteiger partial charge on any atom is 0.306 e. The van der Waals surface area contributed by atoms with E-state index in [2.05, 4.69) is 0 Å². The van der Waals surface area contributed by atoms with Crippen molar-refractivity contribution >= 4 is 11.9 Å². The van der Waals surface area contributed by atoms with Gasteiger partial charge in [0, 0.05) is 5.92 Å². The molecule has 0 bridgehead atoms. The number of ether oxygens (including phenoxy) is 3. The first-order valence-corrected chi connectivity index (χ1v) is 8.44. The molecule has 0 saturated carbocycles. The number of aryl methyl sites for hydroxylation is 1. The second-order valence-corrected chi connectivity index (χ2v) is 6.06. The van der Waals surface area contributed by atoms with Crippen LogP contribution in [0.2, 0.25) is 0 Å². The molecule has 0 amide bonds. The van der Waals surface area contributed by atoms with Gasteiger partial charge in [0.1, 0.15) is 12.4 Å². The van der Waals surface area contributed by atoms with Crippen molar-refractivity contribution in [1.82, 2.24) is 0 Å². The topological polar surface area (TPSA) is 61.8 Å². The fourth-order valence-corrected chi connectivity index (χ4v) is 2.70. The minimum atomic E-state index is -0.360. The average molecular weight is 356 g/mol. The van der Waals surface area contributed by atoms with E-state index in [1.165, 1.54) is 14.2 Å². The summed E-state index contributed by atoms with van der Waals surface area (Å²) in [6.45, 7) is 2.42.